The fourth-order valence-corrected chi connectivity index (χ4v) is 2.36. The van der Waals surface area contributed by atoms with Crippen LogP contribution in [-0.2, 0) is 0 Å². The minimum absolute atomic E-state index is 0.320. The molecular weight excluding hydrogens is 208 g/mol. The number of pyridine rings is 1. The van der Waals surface area contributed by atoms with Crippen LogP contribution < -0.4 is 5.73 Å². The number of rotatable bonds is 2. The third-order valence-electron chi connectivity index (χ3n) is 3.34. The third-order valence-corrected chi connectivity index (χ3v) is 3.34. The molecule has 2 aromatic rings. The molecule has 0 aliphatic carbocycles. The number of aryl methyl sites for hydroxylation is 3. The molecule has 1 heterocycles. The molecule has 1 aromatic carbocycles. The van der Waals surface area contributed by atoms with Gasteiger partial charge in [0.15, 0.2) is 0 Å². The fraction of sp³-hybridized carbons (Fsp3) is 0.400. The second-order valence-electron chi connectivity index (χ2n) is 4.98. The van der Waals surface area contributed by atoms with Gasteiger partial charge in [0.1, 0.15) is 0 Å². The Morgan fingerprint density at radius 3 is 2.47 bits per heavy atom. The van der Waals surface area contributed by atoms with E-state index in [-0.39, 0.29) is 0 Å². The molecule has 0 saturated heterocycles. The monoisotopic (exact) mass is 228 g/mol. The highest BCUT2D eigenvalue weighted by atomic mass is 14.7. The Balaban J connectivity index is 2.71. The van der Waals surface area contributed by atoms with E-state index in [1.54, 1.807) is 0 Å². The normalized spacial score (nSPS) is 13.0. The standard InChI is InChI=1S/C15H20N2/c1-9-5-10(2)13-7-11(3)15(12(4)8-16)17-14(13)6-9/h5-7,12H,8,16H2,1-4H3. The molecule has 0 spiro atoms. The highest BCUT2D eigenvalue weighted by Gasteiger charge is 2.11. The van der Waals surface area contributed by atoms with E-state index in [0.717, 1.165) is 11.2 Å². The molecule has 90 valence electrons. The summed E-state index contributed by atoms with van der Waals surface area (Å²) in [5, 5.41) is 1.25. The molecule has 0 radical (unpaired) electrons. The SMILES string of the molecule is Cc1cc(C)c2cc(C)c(C(C)CN)nc2c1. The number of aromatic nitrogens is 1. The molecule has 1 atom stereocenters. The van der Waals surface area contributed by atoms with Crippen molar-refractivity contribution in [3.63, 3.8) is 0 Å². The molecule has 2 heteroatoms. The second kappa shape index (κ2) is 4.46. The molecule has 0 bridgehead atoms. The largest absolute Gasteiger partial charge is 0.330 e. The number of nitrogens with two attached hydrogens (primary N) is 1. The van der Waals surface area contributed by atoms with Crippen LogP contribution in [0, 0.1) is 20.8 Å². The van der Waals surface area contributed by atoms with Crippen molar-refractivity contribution in [2.75, 3.05) is 6.54 Å². The van der Waals surface area contributed by atoms with Crippen LogP contribution in [0.5, 0.6) is 0 Å². The Hall–Kier alpha value is -1.41. The van der Waals surface area contributed by atoms with Crippen LogP contribution >= 0.6 is 0 Å². The molecule has 0 amide bonds. The van der Waals surface area contributed by atoms with Crippen LogP contribution in [0.2, 0.25) is 0 Å². The summed E-state index contributed by atoms with van der Waals surface area (Å²) in [7, 11) is 0. The van der Waals surface area contributed by atoms with E-state index in [1.807, 2.05) is 0 Å². The van der Waals surface area contributed by atoms with Gasteiger partial charge in [-0.2, -0.15) is 0 Å². The smallest absolute Gasteiger partial charge is 0.0710 e. The number of benzene rings is 1. The molecule has 0 saturated carbocycles. The van der Waals surface area contributed by atoms with Crippen LogP contribution in [0.3, 0.4) is 0 Å². The lowest BCUT2D eigenvalue weighted by atomic mass is 9.98. The van der Waals surface area contributed by atoms with Crippen molar-refractivity contribution in [3.05, 3.63) is 40.6 Å². The summed E-state index contributed by atoms with van der Waals surface area (Å²) in [5.41, 5.74) is 11.7. The lowest BCUT2D eigenvalue weighted by Gasteiger charge is -2.14. The maximum Gasteiger partial charge on any atom is 0.0710 e. The highest BCUT2D eigenvalue weighted by Crippen LogP contribution is 2.25. The molecule has 0 aliphatic rings. The van der Waals surface area contributed by atoms with Gasteiger partial charge in [0.2, 0.25) is 0 Å². The van der Waals surface area contributed by atoms with Gasteiger partial charge in [0.25, 0.3) is 0 Å². The zero-order valence-corrected chi connectivity index (χ0v) is 11.0. The van der Waals surface area contributed by atoms with Gasteiger partial charge < -0.3 is 5.73 Å². The van der Waals surface area contributed by atoms with E-state index in [1.165, 1.54) is 22.1 Å². The van der Waals surface area contributed by atoms with Gasteiger partial charge in [-0.25, -0.2) is 0 Å². The summed E-state index contributed by atoms with van der Waals surface area (Å²) in [6.45, 7) is 9.14. The van der Waals surface area contributed by atoms with Gasteiger partial charge in [0, 0.05) is 23.5 Å². The quantitative estimate of drug-likeness (QED) is 0.857. The summed E-state index contributed by atoms with van der Waals surface area (Å²) in [6.07, 6.45) is 0. The lowest BCUT2D eigenvalue weighted by molar-refractivity contribution is 0.742. The molecule has 2 N–H and O–H groups in total. The predicted octanol–water partition coefficient (Wildman–Crippen LogP) is 3.22. The summed E-state index contributed by atoms with van der Waals surface area (Å²) < 4.78 is 0. The first-order valence-corrected chi connectivity index (χ1v) is 6.11. The molecule has 2 nitrogen and oxygen atoms in total. The van der Waals surface area contributed by atoms with Gasteiger partial charge in [-0.15, -0.1) is 0 Å². The minimum Gasteiger partial charge on any atom is -0.330 e. The Kier molecular flexibility index (Phi) is 3.16. The Labute approximate surface area is 103 Å². The van der Waals surface area contributed by atoms with Gasteiger partial charge in [-0.3, -0.25) is 4.98 Å². The van der Waals surface area contributed by atoms with E-state index in [4.69, 9.17) is 10.7 Å². The number of hydrogen-bond donors (Lipinski definition) is 1. The van der Waals surface area contributed by atoms with Crippen LogP contribution in [0.15, 0.2) is 18.2 Å². The summed E-state index contributed by atoms with van der Waals surface area (Å²) >= 11 is 0. The summed E-state index contributed by atoms with van der Waals surface area (Å²) in [6, 6.07) is 6.59. The van der Waals surface area contributed by atoms with Gasteiger partial charge in [-0.1, -0.05) is 13.0 Å². The van der Waals surface area contributed by atoms with E-state index < -0.39 is 0 Å². The maximum absolute atomic E-state index is 5.74. The zero-order valence-electron chi connectivity index (χ0n) is 11.0. The first-order valence-electron chi connectivity index (χ1n) is 6.11. The molecule has 1 aromatic heterocycles. The topological polar surface area (TPSA) is 38.9 Å². The number of hydrogen-bond acceptors (Lipinski definition) is 2. The summed E-state index contributed by atoms with van der Waals surface area (Å²) in [4.78, 5) is 4.79. The van der Waals surface area contributed by atoms with Crippen molar-refractivity contribution in [1.82, 2.24) is 4.98 Å². The molecule has 17 heavy (non-hydrogen) atoms. The summed E-state index contributed by atoms with van der Waals surface area (Å²) in [5.74, 6) is 0.320. The Bertz CT molecular complexity index is 558. The molecule has 2 rings (SSSR count). The molecule has 1 unspecified atom stereocenters. The second-order valence-corrected chi connectivity index (χ2v) is 4.98. The lowest BCUT2D eigenvalue weighted by Crippen LogP contribution is -2.12. The average molecular weight is 228 g/mol. The van der Waals surface area contributed by atoms with Crippen molar-refractivity contribution < 1.29 is 0 Å². The van der Waals surface area contributed by atoms with E-state index in [2.05, 4.69) is 45.9 Å². The van der Waals surface area contributed by atoms with E-state index in [0.29, 0.717) is 12.5 Å². The third kappa shape index (κ3) is 2.18. The van der Waals surface area contributed by atoms with E-state index >= 15 is 0 Å². The van der Waals surface area contributed by atoms with Crippen molar-refractivity contribution in [2.45, 2.75) is 33.6 Å². The maximum atomic E-state index is 5.74. The highest BCUT2D eigenvalue weighted by molar-refractivity contribution is 5.83. The van der Waals surface area contributed by atoms with Crippen LogP contribution in [-0.4, -0.2) is 11.5 Å². The van der Waals surface area contributed by atoms with Gasteiger partial charge >= 0.3 is 0 Å². The molecular formula is C15H20N2. The minimum atomic E-state index is 0.320. The van der Waals surface area contributed by atoms with Crippen LogP contribution in [0.25, 0.3) is 10.9 Å². The first kappa shape index (κ1) is 12.1. The van der Waals surface area contributed by atoms with Crippen molar-refractivity contribution in [2.24, 2.45) is 5.73 Å². The van der Waals surface area contributed by atoms with Gasteiger partial charge in [-0.05, 0) is 49.6 Å². The Morgan fingerprint density at radius 2 is 1.82 bits per heavy atom. The Morgan fingerprint density at radius 1 is 1.12 bits per heavy atom. The van der Waals surface area contributed by atoms with Crippen molar-refractivity contribution >= 4 is 10.9 Å². The molecule has 0 fully saturated rings. The van der Waals surface area contributed by atoms with Crippen LogP contribution in [0.4, 0.5) is 0 Å². The van der Waals surface area contributed by atoms with Crippen molar-refractivity contribution in [3.8, 4) is 0 Å². The number of nitrogens with zero attached hydrogens (tertiary/aromatic N) is 1. The zero-order chi connectivity index (χ0) is 12.6. The van der Waals surface area contributed by atoms with Gasteiger partial charge in [0.05, 0.1) is 5.52 Å². The average Bonchev–Trinajstić information content (AvgIpc) is 2.28. The molecule has 0 aliphatic heterocycles. The van der Waals surface area contributed by atoms with Crippen LogP contribution in [0.1, 0.15) is 35.2 Å². The number of fused-ring (bicyclic) bond motifs is 1. The first-order chi connectivity index (χ1) is 8.02. The fourth-order valence-electron chi connectivity index (χ4n) is 2.36. The predicted molar refractivity (Wildman–Crippen MR) is 73.4 cm³/mol. The van der Waals surface area contributed by atoms with Crippen molar-refractivity contribution in [1.29, 1.82) is 0 Å². The van der Waals surface area contributed by atoms with E-state index in [9.17, 15) is 0 Å².